The van der Waals surface area contributed by atoms with Gasteiger partial charge in [-0.25, -0.2) is 0 Å². The molecular formula is C9H13N3O3. The van der Waals surface area contributed by atoms with Crippen molar-refractivity contribution in [1.29, 1.82) is 0 Å². The summed E-state index contributed by atoms with van der Waals surface area (Å²) in [4.78, 5) is 14.7. The summed E-state index contributed by atoms with van der Waals surface area (Å²) in [6, 6.07) is -0.604. The summed E-state index contributed by atoms with van der Waals surface area (Å²) in [6.45, 7) is 1.90. The minimum absolute atomic E-state index is 0.323. The van der Waals surface area contributed by atoms with Crippen molar-refractivity contribution in [1.82, 2.24) is 15.5 Å². The SMILES string of the molecule is C[C@H](NCc1noc(C2CC2)n1)C(=O)O. The third-order valence-corrected chi connectivity index (χ3v) is 2.35. The van der Waals surface area contributed by atoms with Gasteiger partial charge in [0, 0.05) is 5.92 Å². The van der Waals surface area contributed by atoms with Gasteiger partial charge in [0.05, 0.1) is 6.54 Å². The van der Waals surface area contributed by atoms with Gasteiger partial charge in [-0.2, -0.15) is 4.98 Å². The van der Waals surface area contributed by atoms with E-state index >= 15 is 0 Å². The van der Waals surface area contributed by atoms with Gasteiger partial charge in [0.25, 0.3) is 0 Å². The van der Waals surface area contributed by atoms with Crippen molar-refractivity contribution >= 4 is 5.97 Å². The molecule has 0 bridgehead atoms. The summed E-state index contributed by atoms with van der Waals surface area (Å²) in [7, 11) is 0. The number of nitrogens with one attached hydrogen (secondary N) is 1. The number of hydrogen-bond donors (Lipinski definition) is 2. The Morgan fingerprint density at radius 3 is 3.07 bits per heavy atom. The number of hydrogen-bond acceptors (Lipinski definition) is 5. The van der Waals surface area contributed by atoms with Gasteiger partial charge in [-0.1, -0.05) is 5.16 Å². The lowest BCUT2D eigenvalue weighted by atomic mass is 10.3. The van der Waals surface area contributed by atoms with Crippen LogP contribution in [0.15, 0.2) is 4.52 Å². The Balaban J connectivity index is 1.85. The van der Waals surface area contributed by atoms with Crippen LogP contribution in [0.4, 0.5) is 0 Å². The summed E-state index contributed by atoms with van der Waals surface area (Å²) in [5.74, 6) is 0.740. The predicted molar refractivity (Wildman–Crippen MR) is 50.2 cm³/mol. The zero-order chi connectivity index (χ0) is 10.8. The number of aromatic nitrogens is 2. The molecule has 1 aromatic rings. The summed E-state index contributed by atoms with van der Waals surface area (Å²) >= 11 is 0. The van der Waals surface area contributed by atoms with Crippen molar-refractivity contribution in [3.8, 4) is 0 Å². The fourth-order valence-electron chi connectivity index (χ4n) is 1.17. The molecule has 6 nitrogen and oxygen atoms in total. The molecule has 2 N–H and O–H groups in total. The Hall–Kier alpha value is -1.43. The van der Waals surface area contributed by atoms with Crippen molar-refractivity contribution in [2.45, 2.75) is 38.3 Å². The van der Waals surface area contributed by atoms with Gasteiger partial charge in [0.1, 0.15) is 6.04 Å². The molecule has 0 spiro atoms. The van der Waals surface area contributed by atoms with Gasteiger partial charge >= 0.3 is 5.97 Å². The number of carboxylic acid groups (broad SMARTS) is 1. The second-order valence-corrected chi connectivity index (χ2v) is 3.76. The first kappa shape index (κ1) is 10.1. The fraction of sp³-hybridized carbons (Fsp3) is 0.667. The quantitative estimate of drug-likeness (QED) is 0.737. The van der Waals surface area contributed by atoms with E-state index in [1.54, 1.807) is 6.92 Å². The van der Waals surface area contributed by atoms with Gasteiger partial charge in [-0.15, -0.1) is 0 Å². The molecule has 0 radical (unpaired) electrons. The van der Waals surface area contributed by atoms with E-state index in [-0.39, 0.29) is 0 Å². The van der Waals surface area contributed by atoms with Crippen LogP contribution < -0.4 is 5.32 Å². The summed E-state index contributed by atoms with van der Waals surface area (Å²) < 4.78 is 5.03. The summed E-state index contributed by atoms with van der Waals surface area (Å²) in [5, 5.41) is 15.2. The predicted octanol–water partition coefficient (Wildman–Crippen LogP) is 0.510. The maximum atomic E-state index is 10.5. The van der Waals surface area contributed by atoms with E-state index < -0.39 is 12.0 Å². The zero-order valence-electron chi connectivity index (χ0n) is 8.43. The van der Waals surface area contributed by atoms with E-state index in [4.69, 9.17) is 9.63 Å². The molecule has 82 valence electrons. The summed E-state index contributed by atoms with van der Waals surface area (Å²) in [6.07, 6.45) is 2.22. The molecule has 1 atom stereocenters. The van der Waals surface area contributed by atoms with Crippen LogP contribution in [0.2, 0.25) is 0 Å². The highest BCUT2D eigenvalue weighted by Gasteiger charge is 2.29. The topological polar surface area (TPSA) is 88.3 Å². The van der Waals surface area contributed by atoms with Gasteiger partial charge in [0.2, 0.25) is 5.89 Å². The Labute approximate surface area is 86.7 Å². The fourth-order valence-corrected chi connectivity index (χ4v) is 1.17. The molecule has 0 aromatic carbocycles. The second kappa shape index (κ2) is 3.98. The third-order valence-electron chi connectivity index (χ3n) is 2.35. The van der Waals surface area contributed by atoms with Crippen molar-refractivity contribution in [3.05, 3.63) is 11.7 Å². The largest absolute Gasteiger partial charge is 0.480 e. The monoisotopic (exact) mass is 211 g/mol. The normalized spacial score (nSPS) is 17.7. The molecule has 1 aliphatic carbocycles. The lowest BCUT2D eigenvalue weighted by Crippen LogP contribution is -2.33. The molecule has 0 unspecified atom stereocenters. The van der Waals surface area contributed by atoms with Crippen molar-refractivity contribution < 1.29 is 14.4 Å². The molecule has 0 amide bonds. The molecule has 0 aliphatic heterocycles. The molecule has 1 fully saturated rings. The van der Waals surface area contributed by atoms with E-state index in [0.29, 0.717) is 24.2 Å². The standard InChI is InChI=1S/C9H13N3O3/c1-5(9(13)14)10-4-7-11-8(15-12-7)6-2-3-6/h5-6,10H,2-4H2,1H3,(H,13,14)/t5-/m0/s1. The summed E-state index contributed by atoms with van der Waals surface area (Å²) in [5.41, 5.74) is 0. The van der Waals surface area contributed by atoms with E-state index in [1.807, 2.05) is 0 Å². The highest BCUT2D eigenvalue weighted by Crippen LogP contribution is 2.38. The number of carbonyl (C=O) groups is 1. The Morgan fingerprint density at radius 1 is 1.73 bits per heavy atom. The van der Waals surface area contributed by atoms with Crippen LogP contribution in [0.5, 0.6) is 0 Å². The second-order valence-electron chi connectivity index (χ2n) is 3.76. The average Bonchev–Trinajstić information content (AvgIpc) is 2.95. The number of carboxylic acids is 1. The lowest BCUT2D eigenvalue weighted by Gasteiger charge is -2.05. The Bertz CT molecular complexity index is 359. The van der Waals surface area contributed by atoms with Crippen molar-refractivity contribution in [3.63, 3.8) is 0 Å². The van der Waals surface area contributed by atoms with Gasteiger partial charge in [-0.3, -0.25) is 10.1 Å². The highest BCUT2D eigenvalue weighted by molar-refractivity contribution is 5.72. The van der Waals surface area contributed by atoms with E-state index in [9.17, 15) is 4.79 Å². The van der Waals surface area contributed by atoms with Crippen LogP contribution in [0, 0.1) is 0 Å². The first-order chi connectivity index (χ1) is 7.16. The third kappa shape index (κ3) is 2.53. The first-order valence-corrected chi connectivity index (χ1v) is 4.95. The van der Waals surface area contributed by atoms with Crippen LogP contribution in [0.3, 0.4) is 0 Å². The number of nitrogens with zero attached hydrogens (tertiary/aromatic N) is 2. The van der Waals surface area contributed by atoms with Gasteiger partial charge in [-0.05, 0) is 19.8 Å². The van der Waals surface area contributed by atoms with Crippen molar-refractivity contribution in [2.75, 3.05) is 0 Å². The molecule has 15 heavy (non-hydrogen) atoms. The van der Waals surface area contributed by atoms with Crippen LogP contribution in [0.25, 0.3) is 0 Å². The Morgan fingerprint density at radius 2 is 2.47 bits per heavy atom. The molecule has 2 rings (SSSR count). The minimum atomic E-state index is -0.888. The van der Waals surface area contributed by atoms with Gasteiger partial charge in [0.15, 0.2) is 5.82 Å². The molecule has 1 saturated carbocycles. The van der Waals surface area contributed by atoms with E-state index in [0.717, 1.165) is 12.8 Å². The van der Waals surface area contributed by atoms with Crippen LogP contribution >= 0.6 is 0 Å². The molecule has 1 aliphatic rings. The van der Waals surface area contributed by atoms with Crippen molar-refractivity contribution in [2.24, 2.45) is 0 Å². The molecular weight excluding hydrogens is 198 g/mol. The van der Waals surface area contributed by atoms with E-state index in [1.165, 1.54) is 0 Å². The highest BCUT2D eigenvalue weighted by atomic mass is 16.5. The number of aliphatic carboxylic acids is 1. The molecule has 1 heterocycles. The first-order valence-electron chi connectivity index (χ1n) is 4.95. The van der Waals surface area contributed by atoms with Crippen LogP contribution in [-0.2, 0) is 11.3 Å². The molecule has 0 saturated heterocycles. The average molecular weight is 211 g/mol. The lowest BCUT2D eigenvalue weighted by molar-refractivity contribution is -0.139. The zero-order valence-corrected chi connectivity index (χ0v) is 8.43. The Kier molecular flexibility index (Phi) is 2.68. The van der Waals surface area contributed by atoms with Crippen LogP contribution in [-0.4, -0.2) is 27.3 Å². The molecule has 1 aromatic heterocycles. The number of rotatable bonds is 5. The minimum Gasteiger partial charge on any atom is -0.480 e. The van der Waals surface area contributed by atoms with Crippen LogP contribution in [0.1, 0.15) is 37.4 Å². The molecule has 6 heteroatoms. The maximum Gasteiger partial charge on any atom is 0.320 e. The maximum absolute atomic E-state index is 10.5. The smallest absolute Gasteiger partial charge is 0.320 e. The van der Waals surface area contributed by atoms with E-state index in [2.05, 4.69) is 15.5 Å². The van der Waals surface area contributed by atoms with Gasteiger partial charge < -0.3 is 9.63 Å².